The summed E-state index contributed by atoms with van der Waals surface area (Å²) in [6.45, 7) is 13.2. The number of aryl methyl sites for hydroxylation is 1. The fourth-order valence-electron chi connectivity index (χ4n) is 3.47. The van der Waals surface area contributed by atoms with Gasteiger partial charge < -0.3 is 10.2 Å². The number of unbranched alkanes of at least 4 members (excludes halogenated alkanes) is 3. The van der Waals surface area contributed by atoms with E-state index in [-0.39, 0.29) is 23.8 Å². The molecule has 0 saturated carbocycles. The molecule has 6 heteroatoms. The van der Waals surface area contributed by atoms with E-state index in [1.807, 2.05) is 37.3 Å². The first-order chi connectivity index (χ1) is 15.2. The average Bonchev–Trinajstić information content (AvgIpc) is 3.15. The molecule has 32 heavy (non-hydrogen) atoms. The number of hydrogen-bond acceptors (Lipinski definition) is 3. The van der Waals surface area contributed by atoms with Gasteiger partial charge in [-0.05, 0) is 37.5 Å². The van der Waals surface area contributed by atoms with Crippen molar-refractivity contribution < 1.29 is 9.59 Å². The minimum absolute atomic E-state index is 0.0598. The molecule has 176 valence electrons. The molecule has 6 nitrogen and oxygen atoms in total. The summed E-state index contributed by atoms with van der Waals surface area (Å²) in [5, 5.41) is 7.80. The van der Waals surface area contributed by atoms with Gasteiger partial charge in [0.1, 0.15) is 5.82 Å². The average molecular weight is 441 g/mol. The highest BCUT2D eigenvalue weighted by atomic mass is 16.2. The van der Waals surface area contributed by atoms with Crippen molar-refractivity contribution in [2.24, 2.45) is 0 Å². The van der Waals surface area contributed by atoms with Gasteiger partial charge >= 0.3 is 0 Å². The maximum absolute atomic E-state index is 13.0. The third-order valence-corrected chi connectivity index (χ3v) is 5.45. The number of amides is 2. The number of carbonyl (C=O) groups excluding carboxylic acids is 2. The molecule has 0 radical (unpaired) electrons. The topological polar surface area (TPSA) is 67.2 Å². The molecule has 0 unspecified atom stereocenters. The van der Waals surface area contributed by atoms with Crippen molar-refractivity contribution in [2.75, 3.05) is 18.4 Å². The number of nitrogens with zero attached hydrogens (tertiary/aromatic N) is 3. The maximum Gasteiger partial charge on any atom is 0.245 e. The van der Waals surface area contributed by atoms with Crippen molar-refractivity contribution in [3.8, 4) is 5.69 Å². The summed E-state index contributed by atoms with van der Waals surface area (Å²) in [6.07, 6.45) is 5.35. The lowest BCUT2D eigenvalue weighted by Gasteiger charge is -2.22. The molecule has 0 aliphatic carbocycles. The summed E-state index contributed by atoms with van der Waals surface area (Å²) in [7, 11) is 0. The van der Waals surface area contributed by atoms with Crippen molar-refractivity contribution in [3.63, 3.8) is 0 Å². The summed E-state index contributed by atoms with van der Waals surface area (Å²) in [5.41, 5.74) is 2.76. The van der Waals surface area contributed by atoms with Crippen molar-refractivity contribution in [3.05, 3.63) is 41.6 Å². The Morgan fingerprint density at radius 2 is 1.78 bits per heavy atom. The van der Waals surface area contributed by atoms with Gasteiger partial charge in [0.15, 0.2) is 0 Å². The Bertz CT molecular complexity index is 895. The summed E-state index contributed by atoms with van der Waals surface area (Å²) in [4.78, 5) is 27.4. The largest absolute Gasteiger partial charge is 0.333 e. The van der Waals surface area contributed by atoms with E-state index in [1.54, 1.807) is 9.58 Å². The van der Waals surface area contributed by atoms with Crippen LogP contribution in [0.4, 0.5) is 5.82 Å². The number of nitrogens with one attached hydrogen (secondary N) is 1. The van der Waals surface area contributed by atoms with Crippen LogP contribution in [0.2, 0.25) is 0 Å². The zero-order valence-corrected chi connectivity index (χ0v) is 20.7. The molecule has 2 amide bonds. The maximum atomic E-state index is 13.0. The highest BCUT2D eigenvalue weighted by Gasteiger charge is 2.23. The summed E-state index contributed by atoms with van der Waals surface area (Å²) in [5.74, 6) is 0.489. The van der Waals surface area contributed by atoms with Crippen molar-refractivity contribution in [1.82, 2.24) is 14.7 Å². The molecule has 1 N–H and O–H groups in total. The molecule has 1 heterocycles. The van der Waals surface area contributed by atoms with Crippen LogP contribution in [0.15, 0.2) is 30.3 Å². The predicted octanol–water partition coefficient (Wildman–Crippen LogP) is 5.63. The van der Waals surface area contributed by atoms with Gasteiger partial charge in [0.25, 0.3) is 0 Å². The van der Waals surface area contributed by atoms with Crippen LogP contribution in [0.5, 0.6) is 0 Å². The van der Waals surface area contributed by atoms with E-state index in [0.29, 0.717) is 18.8 Å². The second-order valence-corrected chi connectivity index (χ2v) is 9.59. The number of aromatic nitrogens is 2. The van der Waals surface area contributed by atoms with Crippen LogP contribution in [0.1, 0.15) is 84.4 Å². The Labute approximate surface area is 193 Å². The van der Waals surface area contributed by atoms with E-state index < -0.39 is 0 Å². The number of benzene rings is 1. The molecule has 2 aromatic rings. The van der Waals surface area contributed by atoms with Gasteiger partial charge in [0, 0.05) is 24.4 Å². The molecule has 2 rings (SSSR count). The molecule has 0 aliphatic heterocycles. The number of anilines is 1. The first-order valence-corrected chi connectivity index (χ1v) is 11.9. The molecule has 0 spiro atoms. The summed E-state index contributed by atoms with van der Waals surface area (Å²) in [6, 6.07) is 9.97. The number of carbonyl (C=O) groups is 2. The van der Waals surface area contributed by atoms with Crippen LogP contribution in [0, 0.1) is 6.92 Å². The van der Waals surface area contributed by atoms with Crippen LogP contribution in [0.25, 0.3) is 5.69 Å². The molecule has 0 bridgehead atoms. The van der Waals surface area contributed by atoms with Gasteiger partial charge in [-0.2, -0.15) is 5.10 Å². The molecule has 0 aliphatic rings. The first-order valence-electron chi connectivity index (χ1n) is 11.9. The quantitative estimate of drug-likeness (QED) is 0.461. The standard InChI is InChI=1S/C26H40N4O2/c1-7-9-11-15-25(32)29(16-10-8-2)19-24(31)27-23-18-22(26(4,5)6)28-30(23)21-14-12-13-20(3)17-21/h12-14,17-18H,7-11,15-16,19H2,1-6H3,(H,27,31). The minimum Gasteiger partial charge on any atom is -0.333 e. The second kappa shape index (κ2) is 11.8. The molecule has 0 atom stereocenters. The summed E-state index contributed by atoms with van der Waals surface area (Å²) >= 11 is 0. The lowest BCUT2D eigenvalue weighted by atomic mass is 9.92. The van der Waals surface area contributed by atoms with Crippen molar-refractivity contribution in [2.45, 2.75) is 85.5 Å². The summed E-state index contributed by atoms with van der Waals surface area (Å²) < 4.78 is 1.78. The van der Waals surface area contributed by atoms with E-state index in [2.05, 4.69) is 39.9 Å². The van der Waals surface area contributed by atoms with E-state index in [1.165, 1.54) is 0 Å². The molecule has 0 saturated heterocycles. The number of rotatable bonds is 11. The Kier molecular flexibility index (Phi) is 9.48. The van der Waals surface area contributed by atoms with Crippen LogP contribution >= 0.6 is 0 Å². The monoisotopic (exact) mass is 440 g/mol. The molecular formula is C26H40N4O2. The normalized spacial score (nSPS) is 11.4. The molecule has 1 aromatic heterocycles. The molecule has 0 fully saturated rings. The van der Waals surface area contributed by atoms with E-state index >= 15 is 0 Å². The van der Waals surface area contributed by atoms with Crippen molar-refractivity contribution in [1.29, 1.82) is 0 Å². The van der Waals surface area contributed by atoms with Gasteiger partial charge in [-0.25, -0.2) is 4.68 Å². The fraction of sp³-hybridized carbons (Fsp3) is 0.577. The van der Waals surface area contributed by atoms with Crippen LogP contribution in [0.3, 0.4) is 0 Å². The van der Waals surface area contributed by atoms with Gasteiger partial charge in [0.2, 0.25) is 11.8 Å². The minimum atomic E-state index is -0.195. The number of hydrogen-bond donors (Lipinski definition) is 1. The smallest absolute Gasteiger partial charge is 0.245 e. The van der Waals surface area contributed by atoms with E-state index in [9.17, 15) is 9.59 Å². The van der Waals surface area contributed by atoms with Gasteiger partial charge in [0.05, 0.1) is 17.9 Å². The molecular weight excluding hydrogens is 400 g/mol. The zero-order valence-electron chi connectivity index (χ0n) is 20.7. The van der Waals surface area contributed by atoms with Gasteiger partial charge in [-0.3, -0.25) is 9.59 Å². The Morgan fingerprint density at radius 3 is 2.41 bits per heavy atom. The highest BCUT2D eigenvalue weighted by molar-refractivity contribution is 5.94. The predicted molar refractivity (Wildman–Crippen MR) is 131 cm³/mol. The second-order valence-electron chi connectivity index (χ2n) is 9.59. The third kappa shape index (κ3) is 7.50. The van der Waals surface area contributed by atoms with E-state index in [0.717, 1.165) is 49.0 Å². The van der Waals surface area contributed by atoms with Crippen molar-refractivity contribution >= 4 is 17.6 Å². The molecule has 1 aromatic carbocycles. The van der Waals surface area contributed by atoms with Crippen LogP contribution in [-0.2, 0) is 15.0 Å². The third-order valence-electron chi connectivity index (χ3n) is 5.45. The fourth-order valence-corrected chi connectivity index (χ4v) is 3.47. The lowest BCUT2D eigenvalue weighted by Crippen LogP contribution is -2.38. The highest BCUT2D eigenvalue weighted by Crippen LogP contribution is 2.26. The van der Waals surface area contributed by atoms with Crippen LogP contribution in [-0.4, -0.2) is 39.6 Å². The lowest BCUT2D eigenvalue weighted by molar-refractivity contribution is -0.134. The van der Waals surface area contributed by atoms with Crippen LogP contribution < -0.4 is 5.32 Å². The van der Waals surface area contributed by atoms with E-state index in [4.69, 9.17) is 5.10 Å². The zero-order chi connectivity index (χ0) is 23.7. The Hall–Kier alpha value is -2.63. The van der Waals surface area contributed by atoms with Gasteiger partial charge in [-0.1, -0.05) is 66.0 Å². The Morgan fingerprint density at radius 1 is 1.06 bits per heavy atom. The Balaban J connectivity index is 2.22. The SMILES string of the molecule is CCCCCC(=O)N(CCCC)CC(=O)Nc1cc(C(C)(C)C)nn1-c1cccc(C)c1. The first kappa shape index (κ1) is 25.6. The van der Waals surface area contributed by atoms with Gasteiger partial charge in [-0.15, -0.1) is 0 Å².